The second-order valence-electron chi connectivity index (χ2n) is 7.99. The largest absolute Gasteiger partial charge is 0.450 e. The summed E-state index contributed by atoms with van der Waals surface area (Å²) >= 11 is 7.33. The molecule has 0 unspecified atom stereocenters. The van der Waals surface area contributed by atoms with E-state index in [1.54, 1.807) is 30.3 Å². The monoisotopic (exact) mass is 469 g/mol. The Hall–Kier alpha value is -3.10. The highest BCUT2D eigenvalue weighted by Gasteiger charge is 2.46. The Morgan fingerprint density at radius 2 is 1.97 bits per heavy atom. The molecule has 0 saturated heterocycles. The number of halogens is 2. The summed E-state index contributed by atoms with van der Waals surface area (Å²) in [7, 11) is 0. The predicted molar refractivity (Wildman–Crippen MR) is 121 cm³/mol. The molecule has 0 N–H and O–H groups in total. The van der Waals surface area contributed by atoms with Gasteiger partial charge >= 0.3 is 0 Å². The minimum Gasteiger partial charge on any atom is -0.450 e. The highest BCUT2D eigenvalue weighted by Crippen LogP contribution is 2.43. The molecule has 1 aliphatic rings. The third-order valence-electron chi connectivity index (χ3n) is 5.28. The number of benzene rings is 2. The van der Waals surface area contributed by atoms with E-state index in [1.165, 1.54) is 28.4 Å². The second-order valence-corrected chi connectivity index (χ2v) is 9.47. The number of hydrogen-bond donors (Lipinski definition) is 0. The molecule has 0 radical (unpaired) electrons. The summed E-state index contributed by atoms with van der Waals surface area (Å²) in [6, 6.07) is 9.62. The summed E-state index contributed by atoms with van der Waals surface area (Å²) in [6.45, 7) is 4.11. The zero-order valence-corrected chi connectivity index (χ0v) is 18.7. The Morgan fingerprint density at radius 1 is 1.19 bits per heavy atom. The molecule has 2 aromatic carbocycles. The summed E-state index contributed by atoms with van der Waals surface area (Å²) < 4.78 is 20.8. The maximum Gasteiger partial charge on any atom is 0.297 e. The number of fused-ring (bicyclic) bond motifs is 2. The minimum atomic E-state index is -1.03. The van der Waals surface area contributed by atoms with E-state index in [9.17, 15) is 14.0 Å². The van der Waals surface area contributed by atoms with Crippen LogP contribution >= 0.6 is 22.9 Å². The maximum absolute atomic E-state index is 14.9. The minimum absolute atomic E-state index is 0.0653. The molecule has 2 aromatic heterocycles. The highest BCUT2D eigenvalue weighted by molar-refractivity contribution is 7.15. The maximum atomic E-state index is 14.9. The van der Waals surface area contributed by atoms with E-state index in [1.807, 2.05) is 0 Å². The topological polar surface area (TPSA) is 76.3 Å². The molecule has 162 valence electrons. The summed E-state index contributed by atoms with van der Waals surface area (Å²) in [4.78, 5) is 28.3. The van der Waals surface area contributed by atoms with E-state index >= 15 is 0 Å². The van der Waals surface area contributed by atoms with Crippen molar-refractivity contribution in [3.8, 4) is 0 Å². The van der Waals surface area contributed by atoms with Gasteiger partial charge in [-0.3, -0.25) is 14.5 Å². The molecular weight excluding hydrogens is 453 g/mol. The first kappa shape index (κ1) is 20.8. The fourth-order valence-electron chi connectivity index (χ4n) is 3.91. The molecular formula is C23H17ClFN3O3S. The van der Waals surface area contributed by atoms with Gasteiger partial charge in [0.05, 0.1) is 10.9 Å². The van der Waals surface area contributed by atoms with Gasteiger partial charge in [0.25, 0.3) is 5.91 Å². The van der Waals surface area contributed by atoms with Crippen molar-refractivity contribution in [2.75, 3.05) is 4.90 Å². The van der Waals surface area contributed by atoms with Crippen LogP contribution in [-0.2, 0) is 6.42 Å². The molecule has 0 spiro atoms. The van der Waals surface area contributed by atoms with Crippen molar-refractivity contribution >= 4 is 44.9 Å². The summed E-state index contributed by atoms with van der Waals surface area (Å²) in [6.07, 6.45) is 0.691. The molecule has 5 rings (SSSR count). The molecule has 0 fully saturated rings. The van der Waals surface area contributed by atoms with Crippen LogP contribution in [0.2, 0.25) is 5.02 Å². The van der Waals surface area contributed by atoms with Gasteiger partial charge in [-0.1, -0.05) is 55.0 Å². The van der Waals surface area contributed by atoms with E-state index in [4.69, 9.17) is 16.0 Å². The van der Waals surface area contributed by atoms with Crippen molar-refractivity contribution in [1.82, 2.24) is 10.2 Å². The Bertz CT molecular complexity index is 1430. The smallest absolute Gasteiger partial charge is 0.297 e. The Balaban J connectivity index is 1.76. The number of rotatable bonds is 4. The average molecular weight is 470 g/mol. The van der Waals surface area contributed by atoms with Crippen LogP contribution in [0.3, 0.4) is 0 Å². The molecule has 0 saturated carbocycles. The van der Waals surface area contributed by atoms with Gasteiger partial charge in [0.2, 0.25) is 10.9 Å². The van der Waals surface area contributed by atoms with Crippen LogP contribution in [0.5, 0.6) is 0 Å². The van der Waals surface area contributed by atoms with E-state index < -0.39 is 23.2 Å². The van der Waals surface area contributed by atoms with E-state index in [2.05, 4.69) is 24.0 Å². The van der Waals surface area contributed by atoms with Crippen LogP contribution in [0, 0.1) is 11.7 Å². The lowest BCUT2D eigenvalue weighted by molar-refractivity contribution is 0.0970. The number of anilines is 1. The van der Waals surface area contributed by atoms with Crippen LogP contribution in [0.25, 0.3) is 11.0 Å². The quantitative estimate of drug-likeness (QED) is 0.400. The zero-order chi connectivity index (χ0) is 22.6. The first-order valence-corrected chi connectivity index (χ1v) is 11.2. The van der Waals surface area contributed by atoms with Crippen LogP contribution in [0.1, 0.15) is 46.6 Å². The van der Waals surface area contributed by atoms with Crippen molar-refractivity contribution in [2.45, 2.75) is 26.3 Å². The van der Waals surface area contributed by atoms with Crippen molar-refractivity contribution in [3.63, 3.8) is 0 Å². The van der Waals surface area contributed by atoms with E-state index in [0.29, 0.717) is 17.4 Å². The Labute approximate surface area is 191 Å². The second kappa shape index (κ2) is 7.79. The van der Waals surface area contributed by atoms with Gasteiger partial charge in [-0.05, 0) is 30.2 Å². The molecule has 6 nitrogen and oxygen atoms in total. The molecule has 3 heterocycles. The van der Waals surface area contributed by atoms with Gasteiger partial charge in [-0.25, -0.2) is 4.39 Å². The van der Waals surface area contributed by atoms with Crippen molar-refractivity contribution in [2.24, 2.45) is 5.92 Å². The standard InChI is InChI=1S/C23H17ClFN3O3S/c1-11(2)9-17-26-27-23(32-17)28-19(13-5-3-4-6-15(13)25)18-20(29)14-10-12(24)7-8-16(14)31-21(18)22(28)30/h3-8,10-11,19H,9H2,1-2H3/t19-/m1/s1. The number of aromatic nitrogens is 2. The van der Waals surface area contributed by atoms with Crippen molar-refractivity contribution < 1.29 is 13.6 Å². The summed E-state index contributed by atoms with van der Waals surface area (Å²) in [5, 5.41) is 10.0. The molecule has 1 aliphatic heterocycles. The summed E-state index contributed by atoms with van der Waals surface area (Å²) in [5.74, 6) is -0.878. The van der Waals surface area contributed by atoms with Crippen LogP contribution < -0.4 is 10.3 Å². The highest BCUT2D eigenvalue weighted by atomic mass is 35.5. The average Bonchev–Trinajstić information content (AvgIpc) is 3.31. The Morgan fingerprint density at radius 3 is 2.72 bits per heavy atom. The number of hydrogen-bond acceptors (Lipinski definition) is 6. The molecule has 1 atom stereocenters. The fraction of sp³-hybridized carbons (Fsp3) is 0.217. The molecule has 9 heteroatoms. The lowest BCUT2D eigenvalue weighted by atomic mass is 9.98. The van der Waals surface area contributed by atoms with Gasteiger partial charge in [-0.2, -0.15) is 0 Å². The normalized spacial score (nSPS) is 15.7. The van der Waals surface area contributed by atoms with Crippen molar-refractivity contribution in [3.05, 3.63) is 85.4 Å². The molecule has 0 aliphatic carbocycles. The van der Waals surface area contributed by atoms with Gasteiger partial charge in [-0.15, -0.1) is 10.2 Å². The molecule has 32 heavy (non-hydrogen) atoms. The number of carbonyl (C=O) groups is 1. The van der Waals surface area contributed by atoms with Gasteiger partial charge in [0, 0.05) is 17.0 Å². The van der Waals surface area contributed by atoms with Crippen molar-refractivity contribution in [1.29, 1.82) is 0 Å². The lowest BCUT2D eigenvalue weighted by Crippen LogP contribution is -2.30. The van der Waals surface area contributed by atoms with E-state index in [-0.39, 0.29) is 33.0 Å². The van der Waals surface area contributed by atoms with Crippen LogP contribution in [-0.4, -0.2) is 16.1 Å². The first-order chi connectivity index (χ1) is 15.3. The number of carbonyl (C=O) groups excluding carboxylic acids is 1. The summed E-state index contributed by atoms with van der Waals surface area (Å²) in [5.41, 5.74) is 0.0440. The number of nitrogens with zero attached hydrogens (tertiary/aromatic N) is 3. The fourth-order valence-corrected chi connectivity index (χ4v) is 5.16. The molecule has 4 aromatic rings. The lowest BCUT2D eigenvalue weighted by Gasteiger charge is -2.22. The SMILES string of the molecule is CC(C)Cc1nnc(N2C(=O)c3oc4ccc(Cl)cc4c(=O)c3[C@H]2c2ccccc2F)s1. The third kappa shape index (κ3) is 3.30. The van der Waals surface area contributed by atoms with Crippen LogP contribution in [0.15, 0.2) is 51.7 Å². The molecule has 0 bridgehead atoms. The van der Waals surface area contributed by atoms with Gasteiger partial charge in [0.15, 0.2) is 5.43 Å². The molecule has 1 amide bonds. The van der Waals surface area contributed by atoms with Crippen LogP contribution in [0.4, 0.5) is 9.52 Å². The predicted octanol–water partition coefficient (Wildman–Crippen LogP) is 5.39. The van der Waals surface area contributed by atoms with Gasteiger partial charge < -0.3 is 4.42 Å². The zero-order valence-electron chi connectivity index (χ0n) is 17.1. The number of amides is 1. The Kier molecular flexibility index (Phi) is 5.06. The van der Waals surface area contributed by atoms with Gasteiger partial charge in [0.1, 0.15) is 22.4 Å². The van der Waals surface area contributed by atoms with E-state index in [0.717, 1.165) is 5.01 Å². The third-order valence-corrected chi connectivity index (χ3v) is 6.46. The first-order valence-electron chi connectivity index (χ1n) is 10.0.